The van der Waals surface area contributed by atoms with Crippen molar-refractivity contribution in [1.82, 2.24) is 0 Å². The molecule has 4 heteroatoms. The Morgan fingerprint density at radius 2 is 1.83 bits per heavy atom. The maximum Gasteiger partial charge on any atom is 0.565 e. The lowest BCUT2D eigenvalue weighted by Crippen LogP contribution is -2.48. The molecule has 1 aromatic carbocycles. The normalized spacial score (nSPS) is 11.3. The van der Waals surface area contributed by atoms with Crippen molar-refractivity contribution in [2.24, 2.45) is 0 Å². The summed E-state index contributed by atoms with van der Waals surface area (Å²) >= 11 is 0. The Labute approximate surface area is 111 Å². The molecule has 0 spiro atoms. The third-order valence-electron chi connectivity index (χ3n) is 2.53. The number of rotatable bonds is 8. The zero-order chi connectivity index (χ0) is 13.4. The van der Waals surface area contributed by atoms with Crippen LogP contribution in [-0.4, -0.2) is 22.0 Å². The Morgan fingerprint density at radius 3 is 2.33 bits per heavy atom. The molecule has 1 aromatic rings. The number of hydrogen-bond donors (Lipinski definition) is 0. The summed E-state index contributed by atoms with van der Waals surface area (Å²) in [5.41, 5.74) is 1.03. The Hall–Kier alpha value is -1.10. The van der Waals surface area contributed by atoms with Gasteiger partial charge in [0.1, 0.15) is 5.75 Å². The second-order valence-electron chi connectivity index (χ2n) is 3.78. The zero-order valence-corrected chi connectivity index (χ0v) is 12.4. The van der Waals surface area contributed by atoms with Crippen LogP contribution in [-0.2, 0) is 8.85 Å². The molecule has 0 radical (unpaired) electrons. The second kappa shape index (κ2) is 7.36. The summed E-state index contributed by atoms with van der Waals surface area (Å²) in [6.07, 6.45) is 1.80. The van der Waals surface area contributed by atoms with Crippen LogP contribution in [0.1, 0.15) is 26.3 Å². The van der Waals surface area contributed by atoms with E-state index in [2.05, 4.69) is 6.58 Å². The van der Waals surface area contributed by atoms with Gasteiger partial charge in [-0.25, -0.2) is 0 Å². The van der Waals surface area contributed by atoms with E-state index in [4.69, 9.17) is 13.3 Å². The second-order valence-corrected chi connectivity index (χ2v) is 6.64. The highest BCUT2D eigenvalue weighted by molar-refractivity contribution is 6.61. The highest BCUT2D eigenvalue weighted by Gasteiger charge is 2.41. The Bertz CT molecular complexity index is 373. The van der Waals surface area contributed by atoms with E-state index >= 15 is 0 Å². The maximum absolute atomic E-state index is 6.02. The van der Waals surface area contributed by atoms with Gasteiger partial charge < -0.3 is 13.3 Å². The highest BCUT2D eigenvalue weighted by Crippen LogP contribution is 2.22. The van der Waals surface area contributed by atoms with Crippen molar-refractivity contribution in [3.63, 3.8) is 0 Å². The van der Waals surface area contributed by atoms with Gasteiger partial charge in [0, 0.05) is 19.3 Å². The van der Waals surface area contributed by atoms with Gasteiger partial charge >= 0.3 is 8.80 Å². The molecule has 0 heterocycles. The smallest absolute Gasteiger partial charge is 0.501 e. The fourth-order valence-corrected chi connectivity index (χ4v) is 3.82. The van der Waals surface area contributed by atoms with E-state index in [0.717, 1.165) is 17.4 Å². The molecule has 0 amide bonds. The van der Waals surface area contributed by atoms with Gasteiger partial charge in [0.25, 0.3) is 0 Å². The van der Waals surface area contributed by atoms with Crippen LogP contribution in [0.5, 0.6) is 5.75 Å². The van der Waals surface area contributed by atoms with Crippen LogP contribution in [0.25, 0.3) is 6.08 Å². The predicted octanol–water partition coefficient (Wildman–Crippen LogP) is 3.74. The monoisotopic (exact) mass is 266 g/mol. The van der Waals surface area contributed by atoms with Gasteiger partial charge in [-0.15, -0.1) is 0 Å². The molecular weight excluding hydrogens is 244 g/mol. The summed E-state index contributed by atoms with van der Waals surface area (Å²) in [5.74, 6) is 0.780. The van der Waals surface area contributed by atoms with Crippen molar-refractivity contribution in [2.45, 2.75) is 26.8 Å². The summed E-state index contributed by atoms with van der Waals surface area (Å²) in [7, 11) is -2.58. The molecule has 100 valence electrons. The third-order valence-corrected chi connectivity index (χ3v) is 5.40. The lowest BCUT2D eigenvalue weighted by Gasteiger charge is -2.28. The molecule has 0 unspecified atom stereocenters. The van der Waals surface area contributed by atoms with Crippen LogP contribution < -0.4 is 4.43 Å². The van der Waals surface area contributed by atoms with Crippen LogP contribution in [0.4, 0.5) is 0 Å². The largest absolute Gasteiger partial charge is 0.565 e. The van der Waals surface area contributed by atoms with Crippen LogP contribution in [0.2, 0.25) is 6.04 Å². The summed E-state index contributed by atoms with van der Waals surface area (Å²) in [5, 5.41) is 0. The molecule has 0 saturated carbocycles. The van der Waals surface area contributed by atoms with Crippen LogP contribution in [0.3, 0.4) is 0 Å². The van der Waals surface area contributed by atoms with Gasteiger partial charge in [-0.1, -0.05) is 31.7 Å². The summed E-state index contributed by atoms with van der Waals surface area (Å²) < 4.78 is 17.6. The molecule has 1 rings (SSSR count). The van der Waals surface area contributed by atoms with Crippen molar-refractivity contribution >= 4 is 14.9 Å². The minimum absolute atomic E-state index is 0.598. The predicted molar refractivity (Wildman–Crippen MR) is 76.6 cm³/mol. The summed E-state index contributed by atoms with van der Waals surface area (Å²) in [6.45, 7) is 10.9. The fraction of sp³-hybridized carbons (Fsp3) is 0.429. The molecule has 0 aliphatic carbocycles. The average Bonchev–Trinajstić information content (AvgIpc) is 2.39. The Morgan fingerprint density at radius 1 is 1.17 bits per heavy atom. The fourth-order valence-electron chi connectivity index (χ4n) is 1.70. The van der Waals surface area contributed by atoms with Crippen molar-refractivity contribution in [3.05, 3.63) is 36.4 Å². The first-order chi connectivity index (χ1) is 8.69. The van der Waals surface area contributed by atoms with Crippen LogP contribution in [0.15, 0.2) is 30.8 Å². The quantitative estimate of drug-likeness (QED) is 0.671. The van der Waals surface area contributed by atoms with E-state index in [1.165, 1.54) is 0 Å². The molecule has 0 atom stereocenters. The van der Waals surface area contributed by atoms with Crippen molar-refractivity contribution in [2.75, 3.05) is 13.2 Å². The molecule has 0 saturated heterocycles. The van der Waals surface area contributed by atoms with Gasteiger partial charge in [-0.05, 0) is 31.5 Å². The van der Waals surface area contributed by atoms with Crippen molar-refractivity contribution in [1.29, 1.82) is 0 Å². The van der Waals surface area contributed by atoms with Crippen LogP contribution >= 0.6 is 0 Å². The van der Waals surface area contributed by atoms with Gasteiger partial charge in [0.05, 0.1) is 0 Å². The minimum atomic E-state index is -2.58. The van der Waals surface area contributed by atoms with Gasteiger partial charge in [0.15, 0.2) is 0 Å². The third kappa shape index (κ3) is 3.98. The lowest BCUT2D eigenvalue weighted by molar-refractivity contribution is 0.118. The maximum atomic E-state index is 6.02. The number of benzene rings is 1. The van der Waals surface area contributed by atoms with E-state index in [-0.39, 0.29) is 0 Å². The van der Waals surface area contributed by atoms with Gasteiger partial charge in [0.2, 0.25) is 0 Å². The molecule has 0 bridgehead atoms. The zero-order valence-electron chi connectivity index (χ0n) is 11.4. The Kier molecular flexibility index (Phi) is 6.11. The van der Waals surface area contributed by atoms with E-state index < -0.39 is 8.80 Å². The first-order valence-corrected chi connectivity index (χ1v) is 8.32. The minimum Gasteiger partial charge on any atom is -0.501 e. The first-order valence-electron chi connectivity index (χ1n) is 6.39. The van der Waals surface area contributed by atoms with E-state index in [0.29, 0.717) is 13.2 Å². The van der Waals surface area contributed by atoms with E-state index in [1.807, 2.05) is 45.0 Å². The lowest BCUT2D eigenvalue weighted by atomic mass is 10.2. The molecule has 0 aromatic heterocycles. The molecule has 3 nitrogen and oxygen atoms in total. The molecule has 0 fully saturated rings. The first kappa shape index (κ1) is 15.0. The summed E-state index contributed by atoms with van der Waals surface area (Å²) in [6, 6.07) is 8.55. The van der Waals surface area contributed by atoms with Crippen molar-refractivity contribution < 1.29 is 13.3 Å². The topological polar surface area (TPSA) is 27.7 Å². The average molecular weight is 266 g/mol. The SMILES string of the molecule is C=Cc1cccc(O[Si](CC)(OCC)OCC)c1. The molecular formula is C14H22O3Si. The van der Waals surface area contributed by atoms with E-state index in [9.17, 15) is 0 Å². The molecule has 18 heavy (non-hydrogen) atoms. The number of hydrogen-bond acceptors (Lipinski definition) is 3. The Balaban J connectivity index is 2.89. The van der Waals surface area contributed by atoms with Crippen LogP contribution in [0, 0.1) is 0 Å². The highest BCUT2D eigenvalue weighted by atomic mass is 28.4. The standard InChI is InChI=1S/C14H22O3Si/c1-5-13-10-9-11-14(12-13)17-18(8-4,15-6-2)16-7-3/h5,9-12H,1,6-8H2,2-4H3. The summed E-state index contributed by atoms with van der Waals surface area (Å²) in [4.78, 5) is 0. The van der Waals surface area contributed by atoms with E-state index in [1.54, 1.807) is 6.08 Å². The van der Waals surface area contributed by atoms with Crippen molar-refractivity contribution in [3.8, 4) is 5.75 Å². The van der Waals surface area contributed by atoms with Gasteiger partial charge in [-0.3, -0.25) is 0 Å². The molecule has 0 N–H and O–H groups in total. The molecule has 0 aliphatic rings. The van der Waals surface area contributed by atoms with Gasteiger partial charge in [-0.2, -0.15) is 0 Å². The molecule has 0 aliphatic heterocycles.